The van der Waals surface area contributed by atoms with Crippen LogP contribution in [0, 0.1) is 13.8 Å². The average Bonchev–Trinajstić information content (AvgIpc) is 3.12. The number of hydrogen-bond acceptors (Lipinski definition) is 7. The molecule has 0 saturated carbocycles. The number of aryl methyl sites for hydroxylation is 3. The number of benzene rings is 1. The van der Waals surface area contributed by atoms with E-state index in [1.165, 1.54) is 4.68 Å². The Morgan fingerprint density at radius 3 is 2.40 bits per heavy atom. The Morgan fingerprint density at radius 1 is 1.10 bits per heavy atom. The average molecular weight is 411 g/mol. The molecule has 2 heterocycles. The summed E-state index contributed by atoms with van der Waals surface area (Å²) in [5.41, 5.74) is 3.48. The summed E-state index contributed by atoms with van der Waals surface area (Å²) in [7, 11) is 4.88. The fourth-order valence-corrected chi connectivity index (χ4v) is 3.06. The zero-order valence-electron chi connectivity index (χ0n) is 17.9. The van der Waals surface area contributed by atoms with Gasteiger partial charge in [-0.15, -0.1) is 0 Å². The van der Waals surface area contributed by atoms with Gasteiger partial charge in [0.05, 0.1) is 43.6 Å². The minimum atomic E-state index is -0.322. The van der Waals surface area contributed by atoms with Gasteiger partial charge in [-0.3, -0.25) is 9.48 Å². The molecule has 0 fully saturated rings. The standard InChI is InChI=1S/C21H25N5O4/c1-7-30-21-22-12(2)19(13(3)23-21)24-20(27)17-11-16(25-26(17)4)15-10-14(28-5)8-9-18(15)29-6/h8-11H,7H2,1-6H3,(H,24,27). The third-order valence-corrected chi connectivity index (χ3v) is 4.56. The number of nitrogens with one attached hydrogen (secondary N) is 1. The topological polar surface area (TPSA) is 100 Å². The molecule has 0 bridgehead atoms. The molecule has 0 atom stereocenters. The van der Waals surface area contributed by atoms with E-state index in [0.29, 0.717) is 52.6 Å². The molecule has 9 nitrogen and oxygen atoms in total. The third kappa shape index (κ3) is 4.19. The number of carbonyl (C=O) groups excluding carboxylic acids is 1. The maximum atomic E-state index is 13.0. The van der Waals surface area contributed by atoms with Crippen LogP contribution in [0.5, 0.6) is 17.5 Å². The molecule has 0 aliphatic rings. The van der Waals surface area contributed by atoms with Gasteiger partial charge in [-0.1, -0.05) is 0 Å². The van der Waals surface area contributed by atoms with Gasteiger partial charge in [0.15, 0.2) is 0 Å². The summed E-state index contributed by atoms with van der Waals surface area (Å²) in [5, 5.41) is 7.36. The molecule has 0 aliphatic carbocycles. The highest BCUT2D eigenvalue weighted by Gasteiger charge is 2.19. The minimum absolute atomic E-state index is 0.290. The van der Waals surface area contributed by atoms with E-state index in [4.69, 9.17) is 14.2 Å². The molecule has 9 heteroatoms. The normalized spacial score (nSPS) is 10.6. The molecule has 0 spiro atoms. The maximum absolute atomic E-state index is 13.0. The highest BCUT2D eigenvalue weighted by atomic mass is 16.5. The highest BCUT2D eigenvalue weighted by Crippen LogP contribution is 2.33. The number of hydrogen-bond donors (Lipinski definition) is 1. The first-order valence-electron chi connectivity index (χ1n) is 9.43. The molecule has 0 unspecified atom stereocenters. The number of nitrogens with zero attached hydrogens (tertiary/aromatic N) is 4. The smallest absolute Gasteiger partial charge is 0.316 e. The Morgan fingerprint density at radius 2 is 1.80 bits per heavy atom. The summed E-state index contributed by atoms with van der Waals surface area (Å²) in [6.45, 7) is 5.92. The highest BCUT2D eigenvalue weighted by molar-refractivity contribution is 6.04. The van der Waals surface area contributed by atoms with E-state index in [0.717, 1.165) is 5.56 Å². The second-order valence-corrected chi connectivity index (χ2v) is 6.54. The van der Waals surface area contributed by atoms with Crippen molar-refractivity contribution in [1.29, 1.82) is 0 Å². The number of aromatic nitrogens is 4. The number of carbonyl (C=O) groups is 1. The zero-order chi connectivity index (χ0) is 21.8. The van der Waals surface area contributed by atoms with Gasteiger partial charge in [0.1, 0.15) is 17.2 Å². The Kier molecular flexibility index (Phi) is 6.20. The fraction of sp³-hybridized carbons (Fsp3) is 0.333. The summed E-state index contributed by atoms with van der Waals surface area (Å²) in [6.07, 6.45) is 0. The zero-order valence-corrected chi connectivity index (χ0v) is 17.9. The van der Waals surface area contributed by atoms with Crippen molar-refractivity contribution in [2.75, 3.05) is 26.1 Å². The molecule has 1 N–H and O–H groups in total. The van der Waals surface area contributed by atoms with E-state index in [1.54, 1.807) is 53.3 Å². The molecule has 158 valence electrons. The van der Waals surface area contributed by atoms with Crippen LogP contribution in [0.3, 0.4) is 0 Å². The van der Waals surface area contributed by atoms with Gasteiger partial charge in [0.25, 0.3) is 5.91 Å². The first-order chi connectivity index (χ1) is 14.4. The van der Waals surface area contributed by atoms with Crippen molar-refractivity contribution < 1.29 is 19.0 Å². The van der Waals surface area contributed by atoms with Crippen molar-refractivity contribution in [3.63, 3.8) is 0 Å². The number of amides is 1. The Hall–Kier alpha value is -3.62. The fourth-order valence-electron chi connectivity index (χ4n) is 3.06. The Bertz CT molecular complexity index is 1050. The van der Waals surface area contributed by atoms with Gasteiger partial charge < -0.3 is 19.5 Å². The summed E-state index contributed by atoms with van der Waals surface area (Å²) < 4.78 is 17.6. The van der Waals surface area contributed by atoms with E-state index in [1.807, 2.05) is 13.0 Å². The molecule has 0 radical (unpaired) electrons. The predicted octanol–water partition coefficient (Wildman–Crippen LogP) is 3.16. The number of anilines is 1. The van der Waals surface area contributed by atoms with Crippen molar-refractivity contribution in [1.82, 2.24) is 19.7 Å². The molecular formula is C21H25N5O4. The van der Waals surface area contributed by atoms with Gasteiger partial charge in [-0.05, 0) is 45.0 Å². The van der Waals surface area contributed by atoms with Crippen LogP contribution in [0.4, 0.5) is 5.69 Å². The van der Waals surface area contributed by atoms with Crippen LogP contribution in [-0.2, 0) is 7.05 Å². The first-order valence-corrected chi connectivity index (χ1v) is 9.43. The molecular weight excluding hydrogens is 386 g/mol. The van der Waals surface area contributed by atoms with Gasteiger partial charge in [-0.2, -0.15) is 15.1 Å². The summed E-state index contributed by atoms with van der Waals surface area (Å²) in [4.78, 5) is 21.5. The van der Waals surface area contributed by atoms with Crippen molar-refractivity contribution in [2.24, 2.45) is 7.05 Å². The monoisotopic (exact) mass is 411 g/mol. The van der Waals surface area contributed by atoms with Gasteiger partial charge in [0, 0.05) is 12.6 Å². The third-order valence-electron chi connectivity index (χ3n) is 4.56. The largest absolute Gasteiger partial charge is 0.497 e. The van der Waals surface area contributed by atoms with E-state index in [-0.39, 0.29) is 5.91 Å². The number of rotatable bonds is 7. The Balaban J connectivity index is 1.92. The summed E-state index contributed by atoms with van der Waals surface area (Å²) >= 11 is 0. The van der Waals surface area contributed by atoms with Gasteiger partial charge >= 0.3 is 6.01 Å². The molecule has 0 saturated heterocycles. The van der Waals surface area contributed by atoms with Crippen molar-refractivity contribution in [3.05, 3.63) is 41.3 Å². The summed E-state index contributed by atoms with van der Waals surface area (Å²) in [5.74, 6) is 0.977. The lowest BCUT2D eigenvalue weighted by Crippen LogP contribution is -2.18. The van der Waals surface area contributed by atoms with E-state index >= 15 is 0 Å². The van der Waals surface area contributed by atoms with Gasteiger partial charge in [-0.25, -0.2) is 0 Å². The van der Waals surface area contributed by atoms with Crippen LogP contribution in [-0.4, -0.2) is 46.5 Å². The molecule has 30 heavy (non-hydrogen) atoms. The molecule has 1 amide bonds. The molecule has 2 aromatic heterocycles. The van der Waals surface area contributed by atoms with Crippen LogP contribution >= 0.6 is 0 Å². The Labute approximate surface area is 175 Å². The van der Waals surface area contributed by atoms with Crippen LogP contribution in [0.2, 0.25) is 0 Å². The SMILES string of the molecule is CCOc1nc(C)c(NC(=O)c2cc(-c3cc(OC)ccc3OC)nn2C)c(C)n1. The van der Waals surface area contributed by atoms with Crippen LogP contribution in [0.25, 0.3) is 11.3 Å². The number of methoxy groups -OCH3 is 2. The molecule has 1 aromatic carbocycles. The second-order valence-electron chi connectivity index (χ2n) is 6.54. The molecule has 0 aliphatic heterocycles. The van der Waals surface area contributed by atoms with Crippen LogP contribution < -0.4 is 19.5 Å². The van der Waals surface area contributed by atoms with Crippen molar-refractivity contribution in [2.45, 2.75) is 20.8 Å². The van der Waals surface area contributed by atoms with Crippen LogP contribution in [0.1, 0.15) is 28.8 Å². The summed E-state index contributed by atoms with van der Waals surface area (Å²) in [6, 6.07) is 7.41. The van der Waals surface area contributed by atoms with E-state index in [2.05, 4.69) is 20.4 Å². The lowest BCUT2D eigenvalue weighted by atomic mass is 10.1. The van der Waals surface area contributed by atoms with E-state index in [9.17, 15) is 4.79 Å². The second kappa shape index (κ2) is 8.81. The van der Waals surface area contributed by atoms with Crippen LogP contribution in [0.15, 0.2) is 24.3 Å². The lowest BCUT2D eigenvalue weighted by molar-refractivity contribution is 0.101. The molecule has 3 aromatic rings. The quantitative estimate of drug-likeness (QED) is 0.637. The predicted molar refractivity (Wildman–Crippen MR) is 112 cm³/mol. The molecule has 3 rings (SSSR count). The lowest BCUT2D eigenvalue weighted by Gasteiger charge is -2.12. The maximum Gasteiger partial charge on any atom is 0.316 e. The first kappa shape index (κ1) is 21.1. The van der Waals surface area contributed by atoms with Crippen molar-refractivity contribution in [3.8, 4) is 28.8 Å². The number of ether oxygens (including phenoxy) is 3. The minimum Gasteiger partial charge on any atom is -0.497 e. The van der Waals surface area contributed by atoms with Gasteiger partial charge in [0.2, 0.25) is 0 Å². The van der Waals surface area contributed by atoms with E-state index < -0.39 is 0 Å². The van der Waals surface area contributed by atoms with Crippen molar-refractivity contribution >= 4 is 11.6 Å².